The van der Waals surface area contributed by atoms with Crippen LogP contribution >= 0.6 is 17.2 Å². The minimum atomic E-state index is -2.35. The van der Waals surface area contributed by atoms with Crippen molar-refractivity contribution in [2.24, 2.45) is 0 Å². The monoisotopic (exact) mass is 286 g/mol. The van der Waals surface area contributed by atoms with E-state index in [2.05, 4.69) is 9.60 Å². The van der Waals surface area contributed by atoms with Gasteiger partial charge in [-0.25, -0.2) is 0 Å². The average molecular weight is 287 g/mol. The molecule has 0 radical (unpaired) electrons. The number of hydrogen-bond donors (Lipinski definition) is 0. The fourth-order valence-electron chi connectivity index (χ4n) is 0.659. The Balaban J connectivity index is 2.75. The van der Waals surface area contributed by atoms with E-state index < -0.39 is 19.1 Å². The Labute approximate surface area is 81.2 Å². The maximum absolute atomic E-state index is 5.63. The molecule has 0 N–H and O–H groups in total. The van der Waals surface area contributed by atoms with Crippen LogP contribution in [0, 0.1) is 9.60 Å². The summed E-state index contributed by atoms with van der Waals surface area (Å²) in [5, 5.41) is 0. The van der Waals surface area contributed by atoms with E-state index in [1.165, 1.54) is 0 Å². The van der Waals surface area contributed by atoms with Crippen LogP contribution < -0.4 is 0 Å². The average Bonchev–Trinajstić information content (AvgIpc) is 2.03. The van der Waals surface area contributed by atoms with Crippen molar-refractivity contribution in [2.45, 2.75) is 0 Å². The summed E-state index contributed by atoms with van der Waals surface area (Å²) in [7, 11) is 11.3. The zero-order valence-corrected chi connectivity index (χ0v) is 10.5. The molecule has 0 aromatic heterocycles. The summed E-state index contributed by atoms with van der Waals surface area (Å²) in [5.74, 6) is 2.92. The Bertz CT molecular complexity index is 271. The quantitative estimate of drug-likeness (QED) is 0.643. The van der Waals surface area contributed by atoms with Gasteiger partial charge in [0.05, 0.1) is 0 Å². The fourth-order valence-corrected chi connectivity index (χ4v) is 2.18. The second-order valence-electron chi connectivity index (χ2n) is 1.94. The Morgan fingerprint density at radius 1 is 1.09 bits per heavy atom. The van der Waals surface area contributed by atoms with E-state index in [1.54, 1.807) is 0 Å². The first kappa shape index (κ1) is 9.32. The summed E-state index contributed by atoms with van der Waals surface area (Å²) in [5.41, 5.74) is 0.982. The van der Waals surface area contributed by atoms with Gasteiger partial charge in [0, 0.05) is 0 Å². The minimum absolute atomic E-state index is 0.982. The zero-order valence-electron chi connectivity index (χ0n) is 5.72. The molecule has 1 rings (SSSR count). The Hall–Kier alpha value is 0.230. The van der Waals surface area contributed by atoms with Gasteiger partial charge in [0.1, 0.15) is 0 Å². The molecule has 1 aromatic rings. The van der Waals surface area contributed by atoms with Crippen LogP contribution in [-0.4, -0.2) is 19.1 Å². The molecule has 0 spiro atoms. The molecule has 0 atom stereocenters. The van der Waals surface area contributed by atoms with E-state index in [1.807, 2.05) is 30.3 Å². The van der Waals surface area contributed by atoms with Crippen molar-refractivity contribution >= 4 is 36.2 Å². The van der Waals surface area contributed by atoms with E-state index in [4.69, 9.17) is 17.2 Å². The van der Waals surface area contributed by atoms with Gasteiger partial charge in [-0.2, -0.15) is 0 Å². The standard InChI is InChI=1S/C8H5.2ClH.In/c1-2-8-6-4-3-5-7-8;;;/h3-7H;2*1H;/q;;;+2/p-2. The molecule has 0 aliphatic carbocycles. The fraction of sp³-hybridized carbons (Fsp3) is 0. The first-order valence-corrected chi connectivity index (χ1v) is 13.1. The maximum atomic E-state index is 5.63. The van der Waals surface area contributed by atoms with Crippen molar-refractivity contribution in [1.82, 2.24) is 0 Å². The van der Waals surface area contributed by atoms with E-state index in [-0.39, 0.29) is 0 Å². The first-order chi connectivity index (χ1) is 5.29. The van der Waals surface area contributed by atoms with Gasteiger partial charge in [0.15, 0.2) is 0 Å². The second kappa shape index (κ2) is 4.98. The molecule has 0 aliphatic heterocycles. The summed E-state index contributed by atoms with van der Waals surface area (Å²) >= 11 is -2.35. The predicted molar refractivity (Wildman–Crippen MR) is 50.8 cm³/mol. The summed E-state index contributed by atoms with van der Waals surface area (Å²) < 4.78 is 2.85. The van der Waals surface area contributed by atoms with Crippen LogP contribution in [0.5, 0.6) is 0 Å². The number of rotatable bonds is 0. The molecule has 0 bridgehead atoms. The third-order valence-electron chi connectivity index (χ3n) is 1.10. The van der Waals surface area contributed by atoms with E-state index in [9.17, 15) is 0 Å². The van der Waals surface area contributed by atoms with Gasteiger partial charge in [0.2, 0.25) is 0 Å². The van der Waals surface area contributed by atoms with Crippen molar-refractivity contribution in [1.29, 1.82) is 0 Å². The summed E-state index contributed by atoms with van der Waals surface area (Å²) in [6.45, 7) is 0. The summed E-state index contributed by atoms with van der Waals surface area (Å²) in [4.78, 5) is 0. The van der Waals surface area contributed by atoms with Gasteiger partial charge >= 0.3 is 81.7 Å². The van der Waals surface area contributed by atoms with Crippen LogP contribution in [-0.2, 0) is 0 Å². The van der Waals surface area contributed by atoms with Crippen LogP contribution in [0.25, 0.3) is 0 Å². The molecular weight excluding hydrogens is 282 g/mol. The molecule has 0 aliphatic rings. The van der Waals surface area contributed by atoms with Crippen LogP contribution in [0.2, 0.25) is 0 Å². The normalized spacial score (nSPS) is 8.18. The molecule has 0 saturated heterocycles. The molecule has 0 fully saturated rings. The molecule has 0 saturated carbocycles. The van der Waals surface area contributed by atoms with Crippen LogP contribution in [0.3, 0.4) is 0 Å². The molecular formula is C8H5Cl2In. The second-order valence-corrected chi connectivity index (χ2v) is 11.8. The topological polar surface area (TPSA) is 0 Å². The predicted octanol–water partition coefficient (Wildman–Crippen LogP) is 2.54. The summed E-state index contributed by atoms with van der Waals surface area (Å²) in [6, 6.07) is 9.71. The van der Waals surface area contributed by atoms with Crippen LogP contribution in [0.1, 0.15) is 5.56 Å². The number of hydrogen-bond acceptors (Lipinski definition) is 0. The van der Waals surface area contributed by atoms with Gasteiger partial charge in [0.25, 0.3) is 0 Å². The Morgan fingerprint density at radius 3 is 2.27 bits per heavy atom. The molecule has 3 heteroatoms. The Kier molecular flexibility index (Phi) is 4.22. The van der Waals surface area contributed by atoms with Crippen molar-refractivity contribution in [3.8, 4) is 9.60 Å². The first-order valence-electron chi connectivity index (χ1n) is 3.14. The van der Waals surface area contributed by atoms with Gasteiger partial charge < -0.3 is 0 Å². The van der Waals surface area contributed by atoms with E-state index >= 15 is 0 Å². The van der Waals surface area contributed by atoms with Gasteiger partial charge in [-0.15, -0.1) is 0 Å². The number of halogens is 2. The molecule has 0 amide bonds. The summed E-state index contributed by atoms with van der Waals surface area (Å²) in [6.07, 6.45) is 0. The molecule has 1 aromatic carbocycles. The SMILES string of the molecule is [Cl][In]([Cl])[C]#Cc1ccccc1. The third-order valence-corrected chi connectivity index (χ3v) is 3.60. The number of benzene rings is 1. The zero-order chi connectivity index (χ0) is 8.10. The van der Waals surface area contributed by atoms with E-state index in [0.717, 1.165) is 5.56 Å². The third kappa shape index (κ3) is 3.96. The van der Waals surface area contributed by atoms with Crippen LogP contribution in [0.15, 0.2) is 30.3 Å². The van der Waals surface area contributed by atoms with Crippen molar-refractivity contribution in [2.75, 3.05) is 0 Å². The molecule has 0 unspecified atom stereocenters. The van der Waals surface area contributed by atoms with Crippen molar-refractivity contribution in [3.05, 3.63) is 35.9 Å². The van der Waals surface area contributed by atoms with Gasteiger partial charge in [-0.1, -0.05) is 0 Å². The van der Waals surface area contributed by atoms with Gasteiger partial charge in [-0.05, 0) is 0 Å². The van der Waals surface area contributed by atoms with Gasteiger partial charge in [-0.3, -0.25) is 0 Å². The molecule has 54 valence electrons. The molecule has 0 nitrogen and oxygen atoms in total. The Morgan fingerprint density at radius 2 is 1.73 bits per heavy atom. The van der Waals surface area contributed by atoms with Crippen molar-refractivity contribution in [3.63, 3.8) is 0 Å². The van der Waals surface area contributed by atoms with Crippen LogP contribution in [0.4, 0.5) is 0 Å². The van der Waals surface area contributed by atoms with Crippen molar-refractivity contribution < 1.29 is 0 Å². The van der Waals surface area contributed by atoms with E-state index in [0.29, 0.717) is 0 Å². The molecule has 11 heavy (non-hydrogen) atoms. The molecule has 0 heterocycles.